The fraction of sp³-hybridized carbons (Fsp3) is 0.143. The molecule has 0 radical (unpaired) electrons. The van der Waals surface area contributed by atoms with Gasteiger partial charge in [-0.3, -0.25) is 9.69 Å². The monoisotopic (exact) mass is 399 g/mol. The lowest BCUT2D eigenvalue weighted by molar-refractivity contribution is -0.136. The van der Waals surface area contributed by atoms with Gasteiger partial charge < -0.3 is 14.6 Å². The minimum Gasteiger partial charge on any atom is -0.504 e. The Morgan fingerprint density at radius 2 is 1.93 bits per heavy atom. The van der Waals surface area contributed by atoms with E-state index in [1.165, 1.54) is 25.2 Å². The Balaban J connectivity index is 2.15. The van der Waals surface area contributed by atoms with E-state index in [9.17, 15) is 14.7 Å². The molecule has 28 heavy (non-hydrogen) atoms. The number of allylic oxidation sites excluding steroid dienone is 1. The number of methoxy groups -OCH3 is 2. The van der Waals surface area contributed by atoms with Crippen molar-refractivity contribution < 1.29 is 24.2 Å². The standard InChI is InChI=1S/C21H18ClNO5/c1-12-19(21(26)28-3)16(9-13-7-8-17(24)18(10-13)27-2)20(25)23(12)15-6-4-5-14(22)11-15/h4-11,24H,1-3H3/b16-9-. The lowest BCUT2D eigenvalue weighted by atomic mass is 10.0. The molecule has 1 aliphatic rings. The first-order chi connectivity index (χ1) is 13.4. The van der Waals surface area contributed by atoms with Crippen LogP contribution in [0.5, 0.6) is 11.5 Å². The van der Waals surface area contributed by atoms with E-state index in [-0.39, 0.29) is 28.6 Å². The summed E-state index contributed by atoms with van der Waals surface area (Å²) < 4.78 is 9.99. The van der Waals surface area contributed by atoms with E-state index in [0.29, 0.717) is 22.0 Å². The number of rotatable bonds is 4. The van der Waals surface area contributed by atoms with Gasteiger partial charge in [0.05, 0.1) is 31.1 Å². The number of aromatic hydroxyl groups is 1. The normalized spacial score (nSPS) is 15.4. The first-order valence-electron chi connectivity index (χ1n) is 8.35. The number of hydrogen-bond donors (Lipinski definition) is 1. The Kier molecular flexibility index (Phi) is 5.42. The zero-order valence-electron chi connectivity index (χ0n) is 15.5. The molecule has 0 fully saturated rings. The number of amides is 1. The highest BCUT2D eigenvalue weighted by Gasteiger charge is 2.38. The molecule has 2 aromatic carbocycles. The third-order valence-corrected chi connectivity index (χ3v) is 4.61. The molecule has 1 N–H and O–H groups in total. The molecule has 0 unspecified atom stereocenters. The fourth-order valence-corrected chi connectivity index (χ4v) is 3.24. The minimum atomic E-state index is -0.618. The van der Waals surface area contributed by atoms with E-state index in [1.807, 2.05) is 0 Å². The van der Waals surface area contributed by atoms with Crippen LogP contribution in [-0.2, 0) is 14.3 Å². The van der Waals surface area contributed by atoms with Gasteiger partial charge in [-0.1, -0.05) is 23.7 Å². The number of phenols is 1. The number of halogens is 1. The summed E-state index contributed by atoms with van der Waals surface area (Å²) in [6.45, 7) is 1.67. The Morgan fingerprint density at radius 3 is 2.57 bits per heavy atom. The summed E-state index contributed by atoms with van der Waals surface area (Å²) in [5.74, 6) is -0.769. The average Bonchev–Trinajstić information content (AvgIpc) is 2.92. The number of benzene rings is 2. The van der Waals surface area contributed by atoms with Crippen LogP contribution in [0.25, 0.3) is 6.08 Å². The number of phenolic OH excluding ortho intramolecular Hbond substituents is 1. The Morgan fingerprint density at radius 1 is 1.18 bits per heavy atom. The van der Waals surface area contributed by atoms with Crippen LogP contribution >= 0.6 is 11.6 Å². The zero-order valence-corrected chi connectivity index (χ0v) is 16.3. The van der Waals surface area contributed by atoms with Crippen molar-refractivity contribution in [3.8, 4) is 11.5 Å². The van der Waals surface area contributed by atoms with Gasteiger partial charge in [-0.15, -0.1) is 0 Å². The van der Waals surface area contributed by atoms with Crippen LogP contribution in [0.1, 0.15) is 12.5 Å². The van der Waals surface area contributed by atoms with Gasteiger partial charge in [0.25, 0.3) is 5.91 Å². The number of hydrogen-bond acceptors (Lipinski definition) is 5. The molecule has 0 aromatic heterocycles. The Labute approximate surface area is 167 Å². The maximum Gasteiger partial charge on any atom is 0.340 e. The van der Waals surface area contributed by atoms with E-state index in [1.54, 1.807) is 49.4 Å². The van der Waals surface area contributed by atoms with E-state index in [2.05, 4.69) is 0 Å². The second-order valence-electron chi connectivity index (χ2n) is 6.06. The maximum absolute atomic E-state index is 13.2. The van der Waals surface area contributed by atoms with Gasteiger partial charge in [0.1, 0.15) is 0 Å². The maximum atomic E-state index is 13.2. The van der Waals surface area contributed by atoms with E-state index >= 15 is 0 Å². The Bertz CT molecular complexity index is 1030. The van der Waals surface area contributed by atoms with Crippen molar-refractivity contribution in [2.24, 2.45) is 0 Å². The predicted molar refractivity (Wildman–Crippen MR) is 106 cm³/mol. The molecule has 0 atom stereocenters. The van der Waals surface area contributed by atoms with Crippen molar-refractivity contribution in [3.63, 3.8) is 0 Å². The van der Waals surface area contributed by atoms with Gasteiger partial charge >= 0.3 is 5.97 Å². The first-order valence-corrected chi connectivity index (χ1v) is 8.73. The number of carbonyl (C=O) groups is 2. The topological polar surface area (TPSA) is 76.1 Å². The van der Waals surface area contributed by atoms with Crippen LogP contribution in [0, 0.1) is 0 Å². The molecular formula is C21H18ClNO5. The van der Waals surface area contributed by atoms with E-state index in [0.717, 1.165) is 0 Å². The molecule has 2 aromatic rings. The summed E-state index contributed by atoms with van der Waals surface area (Å²) >= 11 is 6.06. The van der Waals surface area contributed by atoms with Gasteiger partial charge in [0.15, 0.2) is 11.5 Å². The minimum absolute atomic E-state index is 0.0251. The van der Waals surface area contributed by atoms with Crippen molar-refractivity contribution in [2.75, 3.05) is 19.1 Å². The molecule has 7 heteroatoms. The van der Waals surface area contributed by atoms with Crippen LogP contribution in [0.3, 0.4) is 0 Å². The second-order valence-corrected chi connectivity index (χ2v) is 6.50. The fourth-order valence-electron chi connectivity index (χ4n) is 3.06. The van der Waals surface area contributed by atoms with Gasteiger partial charge in [0.2, 0.25) is 0 Å². The summed E-state index contributed by atoms with van der Waals surface area (Å²) in [5, 5.41) is 10.2. The lowest BCUT2D eigenvalue weighted by Crippen LogP contribution is -2.24. The van der Waals surface area contributed by atoms with Crippen molar-refractivity contribution >= 4 is 35.2 Å². The second kappa shape index (κ2) is 7.78. The summed E-state index contributed by atoms with van der Waals surface area (Å²) in [7, 11) is 2.69. The van der Waals surface area contributed by atoms with Crippen molar-refractivity contribution in [2.45, 2.75) is 6.92 Å². The third kappa shape index (κ3) is 3.46. The number of carbonyl (C=O) groups excluding carboxylic acids is 2. The number of nitrogens with zero attached hydrogens (tertiary/aromatic N) is 1. The lowest BCUT2D eigenvalue weighted by Gasteiger charge is -2.18. The number of anilines is 1. The molecule has 0 spiro atoms. The summed E-state index contributed by atoms with van der Waals surface area (Å²) in [5.41, 5.74) is 1.91. The molecule has 1 heterocycles. The van der Waals surface area contributed by atoms with Gasteiger partial charge in [-0.25, -0.2) is 4.79 Å². The molecule has 1 aliphatic heterocycles. The average molecular weight is 400 g/mol. The molecular weight excluding hydrogens is 382 g/mol. The smallest absolute Gasteiger partial charge is 0.340 e. The molecule has 0 saturated carbocycles. The van der Waals surface area contributed by atoms with Gasteiger partial charge in [0, 0.05) is 10.7 Å². The van der Waals surface area contributed by atoms with Crippen LogP contribution in [0.2, 0.25) is 5.02 Å². The molecule has 3 rings (SSSR count). The molecule has 0 bridgehead atoms. The molecule has 1 amide bonds. The molecule has 0 saturated heterocycles. The van der Waals surface area contributed by atoms with Crippen molar-refractivity contribution in [3.05, 3.63) is 69.9 Å². The SMILES string of the molecule is COC(=O)C1=C(C)N(c2cccc(Cl)c2)C(=O)/C1=C\c1ccc(O)c(OC)c1. The molecule has 0 aliphatic carbocycles. The van der Waals surface area contributed by atoms with Crippen LogP contribution in [0.4, 0.5) is 5.69 Å². The highest BCUT2D eigenvalue weighted by Crippen LogP contribution is 2.37. The highest BCUT2D eigenvalue weighted by atomic mass is 35.5. The van der Waals surface area contributed by atoms with Crippen molar-refractivity contribution in [1.29, 1.82) is 0 Å². The Hall–Kier alpha value is -3.25. The third-order valence-electron chi connectivity index (χ3n) is 4.37. The van der Waals surface area contributed by atoms with Crippen molar-refractivity contribution in [1.82, 2.24) is 0 Å². The highest BCUT2D eigenvalue weighted by molar-refractivity contribution is 6.31. The quantitative estimate of drug-likeness (QED) is 0.622. The van der Waals surface area contributed by atoms with E-state index < -0.39 is 5.97 Å². The summed E-state index contributed by atoms with van der Waals surface area (Å²) in [4.78, 5) is 27.0. The van der Waals surface area contributed by atoms with Crippen LogP contribution in [-0.4, -0.2) is 31.2 Å². The van der Waals surface area contributed by atoms with Crippen LogP contribution < -0.4 is 9.64 Å². The first kappa shape index (κ1) is 19.5. The number of ether oxygens (including phenoxy) is 2. The van der Waals surface area contributed by atoms with E-state index in [4.69, 9.17) is 21.1 Å². The summed E-state index contributed by atoms with van der Waals surface area (Å²) in [6, 6.07) is 11.4. The summed E-state index contributed by atoms with van der Waals surface area (Å²) in [6.07, 6.45) is 1.56. The van der Waals surface area contributed by atoms with Gasteiger partial charge in [-0.2, -0.15) is 0 Å². The zero-order chi connectivity index (χ0) is 20.4. The predicted octanol–water partition coefficient (Wildman–Crippen LogP) is 3.93. The number of esters is 1. The molecule has 6 nitrogen and oxygen atoms in total. The van der Waals surface area contributed by atoms with Crippen LogP contribution in [0.15, 0.2) is 59.3 Å². The largest absolute Gasteiger partial charge is 0.504 e. The van der Waals surface area contributed by atoms with Gasteiger partial charge in [-0.05, 0) is 48.9 Å². The molecule has 144 valence electrons.